The number of hydrogen-bond donors (Lipinski definition) is 1. The molecule has 8 heavy (non-hydrogen) atoms. The van der Waals surface area contributed by atoms with Crippen LogP contribution in [0.3, 0.4) is 0 Å². The van der Waals surface area contributed by atoms with Crippen molar-refractivity contribution in [2.75, 3.05) is 26.6 Å². The van der Waals surface area contributed by atoms with Gasteiger partial charge in [-0.05, 0) is 13.9 Å². The summed E-state index contributed by atoms with van der Waals surface area (Å²) in [6, 6.07) is 0.296. The third kappa shape index (κ3) is 1.46. The Bertz CT molecular complexity index is 134. The van der Waals surface area contributed by atoms with E-state index in [2.05, 4.69) is 5.32 Å². The molecule has 1 fully saturated rings. The Morgan fingerprint density at radius 2 is 2.75 bits per heavy atom. The van der Waals surface area contributed by atoms with Crippen molar-refractivity contribution in [3.8, 4) is 0 Å². The van der Waals surface area contributed by atoms with E-state index < -0.39 is 6.98 Å². The Balaban J connectivity index is 2.46. The Labute approximate surface area is 55.1 Å². The van der Waals surface area contributed by atoms with Gasteiger partial charge in [0.05, 0.1) is 0 Å². The molecule has 0 aliphatic carbocycles. The summed E-state index contributed by atoms with van der Waals surface area (Å²) in [5.74, 6) is 0. The predicted molar refractivity (Wildman–Crippen MR) is 35.0 cm³/mol. The minimum atomic E-state index is -1.91. The van der Waals surface area contributed by atoms with Crippen LogP contribution in [0.4, 0.5) is 0 Å². The molecule has 1 atom stereocenters. The van der Waals surface area contributed by atoms with Crippen LogP contribution < -0.4 is 5.32 Å². The zero-order chi connectivity index (χ0) is 8.48. The molecule has 0 amide bonds. The predicted octanol–water partition coefficient (Wildman–Crippen LogP) is -0.0901. The van der Waals surface area contributed by atoms with Gasteiger partial charge in [-0.25, -0.2) is 0 Å². The Morgan fingerprint density at radius 3 is 3.25 bits per heavy atom. The molecule has 0 radical (unpaired) electrons. The van der Waals surface area contributed by atoms with Crippen LogP contribution >= 0.6 is 0 Å². The van der Waals surface area contributed by atoms with Crippen LogP contribution in [0.15, 0.2) is 0 Å². The molecule has 2 heteroatoms. The third-order valence-corrected chi connectivity index (χ3v) is 1.37. The SMILES string of the molecule is [2H]C([2H])([2H])N1CCN[C@H](C)C1. The average molecular weight is 117 g/mol. The standard InChI is InChI=1S/C6H14N2/c1-6-5-8(2)4-3-7-6/h6-7H,3-5H2,1-2H3/t6-/m1/s1/i2D3. The molecule has 0 spiro atoms. The number of nitrogens with zero attached hydrogens (tertiary/aromatic N) is 1. The summed E-state index contributed by atoms with van der Waals surface area (Å²) in [5.41, 5.74) is 0. The van der Waals surface area contributed by atoms with E-state index in [1.807, 2.05) is 6.92 Å². The second-order valence-corrected chi connectivity index (χ2v) is 2.30. The van der Waals surface area contributed by atoms with Crippen LogP contribution in [-0.4, -0.2) is 37.6 Å². The molecule has 1 heterocycles. The van der Waals surface area contributed by atoms with Crippen LogP contribution in [0.25, 0.3) is 0 Å². The second kappa shape index (κ2) is 2.46. The summed E-state index contributed by atoms with van der Waals surface area (Å²) < 4.78 is 21.4. The highest BCUT2D eigenvalue weighted by Crippen LogP contribution is 1.92. The van der Waals surface area contributed by atoms with Gasteiger partial charge < -0.3 is 10.2 Å². The fourth-order valence-electron chi connectivity index (χ4n) is 0.932. The second-order valence-electron chi connectivity index (χ2n) is 2.30. The number of hydrogen-bond acceptors (Lipinski definition) is 2. The molecule has 0 unspecified atom stereocenters. The van der Waals surface area contributed by atoms with Crippen molar-refractivity contribution in [1.82, 2.24) is 10.2 Å². The van der Waals surface area contributed by atoms with Crippen molar-refractivity contribution < 1.29 is 4.11 Å². The molecule has 1 rings (SSSR count). The first kappa shape index (κ1) is 3.18. The van der Waals surface area contributed by atoms with Gasteiger partial charge >= 0.3 is 0 Å². The summed E-state index contributed by atoms with van der Waals surface area (Å²) >= 11 is 0. The molecule has 0 saturated carbocycles. The monoisotopic (exact) mass is 117 g/mol. The first-order valence-corrected chi connectivity index (χ1v) is 2.98. The van der Waals surface area contributed by atoms with Crippen LogP contribution in [0.1, 0.15) is 11.0 Å². The maximum atomic E-state index is 7.15. The molecule has 48 valence electrons. The van der Waals surface area contributed by atoms with Gasteiger partial charge in [0.2, 0.25) is 0 Å². The van der Waals surface area contributed by atoms with Crippen molar-refractivity contribution in [2.24, 2.45) is 0 Å². The number of piperazine rings is 1. The average Bonchev–Trinajstić information content (AvgIpc) is 1.86. The molecular formula is C6H14N2. The van der Waals surface area contributed by atoms with Gasteiger partial charge in [0.25, 0.3) is 0 Å². The topological polar surface area (TPSA) is 15.3 Å². The summed E-state index contributed by atoms with van der Waals surface area (Å²) in [7, 11) is 0. The van der Waals surface area contributed by atoms with E-state index >= 15 is 0 Å². The summed E-state index contributed by atoms with van der Waals surface area (Å²) in [6.45, 7) is 2.12. The Hall–Kier alpha value is -0.0800. The molecule has 0 bridgehead atoms. The lowest BCUT2D eigenvalue weighted by atomic mass is 10.2. The summed E-state index contributed by atoms with van der Waals surface area (Å²) in [4.78, 5) is 1.54. The van der Waals surface area contributed by atoms with Crippen LogP contribution in [0.2, 0.25) is 0 Å². The summed E-state index contributed by atoms with van der Waals surface area (Å²) in [5, 5.41) is 3.19. The highest BCUT2D eigenvalue weighted by Gasteiger charge is 2.09. The van der Waals surface area contributed by atoms with Crippen LogP contribution in [0, 0.1) is 0 Å². The van der Waals surface area contributed by atoms with Gasteiger partial charge in [0.1, 0.15) is 0 Å². The van der Waals surface area contributed by atoms with E-state index in [0.717, 1.165) is 6.54 Å². The van der Waals surface area contributed by atoms with Gasteiger partial charge in [0.15, 0.2) is 0 Å². The van der Waals surface area contributed by atoms with Crippen molar-refractivity contribution in [2.45, 2.75) is 13.0 Å². The number of likely N-dealkylation sites (N-methyl/N-ethyl adjacent to an activating group) is 1. The Kier molecular flexibility index (Phi) is 0.980. The minimum absolute atomic E-state index is 0.296. The molecule has 1 aliphatic rings. The van der Waals surface area contributed by atoms with Crippen LogP contribution in [0.5, 0.6) is 0 Å². The van der Waals surface area contributed by atoms with E-state index in [-0.39, 0.29) is 0 Å². The minimum Gasteiger partial charge on any atom is -0.312 e. The fraction of sp³-hybridized carbons (Fsp3) is 1.00. The van der Waals surface area contributed by atoms with Crippen molar-refractivity contribution in [1.29, 1.82) is 0 Å². The molecule has 0 aromatic heterocycles. The Morgan fingerprint density at radius 1 is 1.88 bits per heavy atom. The van der Waals surface area contributed by atoms with Crippen molar-refractivity contribution in [3.05, 3.63) is 0 Å². The highest BCUT2D eigenvalue weighted by molar-refractivity contribution is 4.71. The van der Waals surface area contributed by atoms with Gasteiger partial charge in [-0.3, -0.25) is 0 Å². The summed E-state index contributed by atoms with van der Waals surface area (Å²) in [6.07, 6.45) is 0. The molecule has 1 saturated heterocycles. The van der Waals surface area contributed by atoms with Gasteiger partial charge in [-0.15, -0.1) is 0 Å². The normalized spacial score (nSPS) is 40.1. The van der Waals surface area contributed by atoms with Crippen molar-refractivity contribution in [3.63, 3.8) is 0 Å². The van der Waals surface area contributed by atoms with Gasteiger partial charge in [0, 0.05) is 29.8 Å². The maximum Gasteiger partial charge on any atom is 0.0394 e. The number of rotatable bonds is 0. The number of nitrogens with one attached hydrogen (secondary N) is 1. The quantitative estimate of drug-likeness (QED) is 0.477. The lowest BCUT2D eigenvalue weighted by Gasteiger charge is -2.28. The van der Waals surface area contributed by atoms with Crippen molar-refractivity contribution >= 4 is 0 Å². The smallest absolute Gasteiger partial charge is 0.0394 e. The van der Waals surface area contributed by atoms with E-state index in [1.54, 1.807) is 0 Å². The third-order valence-electron chi connectivity index (χ3n) is 1.37. The lowest BCUT2D eigenvalue weighted by molar-refractivity contribution is 0.248. The van der Waals surface area contributed by atoms with Gasteiger partial charge in [-0.1, -0.05) is 0 Å². The molecule has 1 N–H and O–H groups in total. The lowest BCUT2D eigenvalue weighted by Crippen LogP contribution is -2.47. The van der Waals surface area contributed by atoms with E-state index in [9.17, 15) is 0 Å². The zero-order valence-corrected chi connectivity index (χ0v) is 5.15. The highest BCUT2D eigenvalue weighted by atomic mass is 15.2. The van der Waals surface area contributed by atoms with E-state index in [4.69, 9.17) is 4.11 Å². The van der Waals surface area contributed by atoms with Gasteiger partial charge in [-0.2, -0.15) is 0 Å². The molecule has 0 aromatic carbocycles. The van der Waals surface area contributed by atoms with E-state index in [1.165, 1.54) is 4.90 Å². The largest absolute Gasteiger partial charge is 0.312 e. The molecule has 0 aromatic rings. The fourth-order valence-corrected chi connectivity index (χ4v) is 0.932. The first-order valence-electron chi connectivity index (χ1n) is 4.48. The molecular weight excluding hydrogens is 100 g/mol. The van der Waals surface area contributed by atoms with Crippen LogP contribution in [-0.2, 0) is 0 Å². The van der Waals surface area contributed by atoms with E-state index in [0.29, 0.717) is 19.1 Å². The molecule has 2 nitrogen and oxygen atoms in total. The zero-order valence-electron chi connectivity index (χ0n) is 8.15. The first-order chi connectivity index (χ1) is 5.00. The molecule has 1 aliphatic heterocycles. The maximum absolute atomic E-state index is 7.15.